The number of imidazole rings is 5. The van der Waals surface area contributed by atoms with Crippen molar-refractivity contribution in [1.82, 2.24) is 47.8 Å². The van der Waals surface area contributed by atoms with Gasteiger partial charge in [-0.15, -0.1) is 0 Å². The number of hydrogen-bond acceptors (Lipinski definition) is 24. The van der Waals surface area contributed by atoms with Gasteiger partial charge in [0.25, 0.3) is 47.3 Å². The van der Waals surface area contributed by atoms with Crippen LogP contribution < -0.4 is 40.9 Å². The summed E-state index contributed by atoms with van der Waals surface area (Å²) in [6.07, 6.45) is 2.44. The van der Waals surface area contributed by atoms with Crippen molar-refractivity contribution < 1.29 is 99.3 Å². The first-order valence-corrected chi connectivity index (χ1v) is 44.7. The summed E-state index contributed by atoms with van der Waals surface area (Å²) < 4.78 is 92.9. The molecule has 37 nitrogen and oxygen atoms in total. The van der Waals surface area contributed by atoms with Crippen molar-refractivity contribution in [3.63, 3.8) is 0 Å². The molecule has 4 aliphatic rings. The van der Waals surface area contributed by atoms with Crippen LogP contribution in [0.25, 0.3) is 55.2 Å². The van der Waals surface area contributed by atoms with E-state index in [1.807, 2.05) is 86.0 Å². The molecule has 0 spiro atoms. The fourth-order valence-corrected chi connectivity index (χ4v) is 16.0. The second-order valence-corrected chi connectivity index (χ2v) is 33.3. The maximum absolute atomic E-state index is 13.0. The molecule has 5 aromatic heterocycles. The van der Waals surface area contributed by atoms with Gasteiger partial charge in [-0.1, -0.05) is 18.2 Å². The van der Waals surface area contributed by atoms with Gasteiger partial charge in [0.05, 0.1) is 110 Å². The predicted octanol–water partition coefficient (Wildman–Crippen LogP) is 9.49. The minimum atomic E-state index is -4.57. The van der Waals surface area contributed by atoms with Crippen LogP contribution in [0.3, 0.4) is 0 Å². The van der Waals surface area contributed by atoms with Gasteiger partial charge >= 0.3 is 6.18 Å². The summed E-state index contributed by atoms with van der Waals surface area (Å²) in [5.41, 5.74) is 10.3. The van der Waals surface area contributed by atoms with Crippen molar-refractivity contribution in [3.8, 4) is 6.07 Å². The van der Waals surface area contributed by atoms with Crippen LogP contribution in [-0.2, 0) is 87.4 Å². The SMILES string of the molecule is CS(=O)(=O)c1cccc(C(=O)Nc2nc3cc(N4CCOCC4=O)ccc3n2CCCCO)c1.Cn1cnc2ccc(C(=O)Nc3nc4cc(N5CCOCC5=O)ccc4n3CCCO)cc21.N#Cc1cccc(C(=O)Nc2nc3cc(N4CCOCC4=O)ccc3n2CCCCO)c1.O=C(Nc1nc2cc(N3CCOCC3=O)ccc2n1CCCCO)c1cccc(C(F)(F)F)c1. The quantitative estimate of drug-likeness (QED) is 0.0211. The van der Waals surface area contributed by atoms with E-state index in [4.69, 9.17) is 34.4 Å². The number of benzene rings is 8. The molecule has 17 rings (SSSR count). The maximum atomic E-state index is 13.0. The monoisotopic (exact) mass is 1840 g/mol. The molecule has 8 aromatic carbocycles. The molecule has 0 radical (unpaired) electrons. The highest BCUT2D eigenvalue weighted by atomic mass is 32.2. The number of rotatable bonds is 28. The minimum Gasteiger partial charge on any atom is -0.396 e. The molecular weight excluding hydrogens is 1750 g/mol. The zero-order valence-corrected chi connectivity index (χ0v) is 73.3. The average Bonchev–Trinajstić information content (AvgIpc) is 1.65. The summed E-state index contributed by atoms with van der Waals surface area (Å²) in [6, 6.07) is 45.7. The molecule has 4 saturated heterocycles. The zero-order chi connectivity index (χ0) is 94.0. The van der Waals surface area contributed by atoms with Crippen molar-refractivity contribution >= 4 is 159 Å². The number of carbonyl (C=O) groups is 8. The number of nitriles is 1. The van der Waals surface area contributed by atoms with Gasteiger partial charge < -0.3 is 81.8 Å². The largest absolute Gasteiger partial charge is 0.416 e. The number of sulfone groups is 1. The molecule has 0 bridgehead atoms. The lowest BCUT2D eigenvalue weighted by Crippen LogP contribution is -2.41. The van der Waals surface area contributed by atoms with Crippen molar-refractivity contribution in [2.24, 2.45) is 7.05 Å². The lowest BCUT2D eigenvalue weighted by atomic mass is 10.1. The number of halogens is 3. The van der Waals surface area contributed by atoms with Gasteiger partial charge in [0.15, 0.2) is 9.84 Å². The maximum Gasteiger partial charge on any atom is 0.416 e. The smallest absolute Gasteiger partial charge is 0.396 e. The summed E-state index contributed by atoms with van der Waals surface area (Å²) in [7, 11) is -1.58. The number of anilines is 8. The number of ether oxygens (including phenoxy) is 4. The Bertz CT molecular complexity index is 6680. The van der Waals surface area contributed by atoms with Crippen LogP contribution in [0.15, 0.2) is 175 Å². The molecule has 9 heterocycles. The molecule has 41 heteroatoms. The van der Waals surface area contributed by atoms with Gasteiger partial charge in [0.2, 0.25) is 23.8 Å². The summed E-state index contributed by atoms with van der Waals surface area (Å²) >= 11 is 0. The van der Waals surface area contributed by atoms with E-state index in [9.17, 15) is 70.2 Å². The third kappa shape index (κ3) is 22.9. The van der Waals surface area contributed by atoms with Crippen molar-refractivity contribution in [1.29, 1.82) is 5.26 Å². The van der Waals surface area contributed by atoms with Crippen LogP contribution in [0, 0.1) is 11.3 Å². The van der Waals surface area contributed by atoms with Gasteiger partial charge in [0, 0.05) is 137 Å². The normalized spacial score (nSPS) is 14.3. The number of aliphatic hydroxyl groups excluding tert-OH is 4. The van der Waals surface area contributed by atoms with Gasteiger partial charge in [-0.3, -0.25) is 59.6 Å². The van der Waals surface area contributed by atoms with E-state index in [2.05, 4.69) is 46.2 Å². The highest BCUT2D eigenvalue weighted by molar-refractivity contribution is 7.90. The predicted molar refractivity (Wildman–Crippen MR) is 487 cm³/mol. The molecule has 0 unspecified atom stereocenters. The second-order valence-electron chi connectivity index (χ2n) is 31.2. The zero-order valence-electron chi connectivity index (χ0n) is 72.5. The molecule has 4 aliphatic heterocycles. The number of alkyl halides is 3. The Kier molecular flexibility index (Phi) is 30.8. The Morgan fingerprint density at radius 1 is 0.414 bits per heavy atom. The number of amides is 8. The Labute approximate surface area is 758 Å². The third-order valence-corrected chi connectivity index (χ3v) is 23.3. The van der Waals surface area contributed by atoms with Gasteiger partial charge in [0.1, 0.15) is 26.4 Å². The lowest BCUT2D eigenvalue weighted by molar-refractivity contribution is -0.137. The highest BCUT2D eigenvalue weighted by Crippen LogP contribution is 2.35. The van der Waals surface area contributed by atoms with Crippen LogP contribution in [0.4, 0.5) is 59.7 Å². The number of aryl methyl sites for hydroxylation is 5. The van der Waals surface area contributed by atoms with E-state index in [0.717, 1.165) is 57.3 Å². The number of nitrogens with zero attached hydrogens (tertiary/aromatic N) is 15. The number of hydrogen-bond donors (Lipinski definition) is 8. The fraction of sp³-hybridized carbons (Fsp3) is 0.326. The Morgan fingerprint density at radius 2 is 0.752 bits per heavy atom. The van der Waals surface area contributed by atoms with E-state index in [-0.39, 0.29) is 110 Å². The molecule has 4 fully saturated rings. The number of morpholine rings is 4. The van der Waals surface area contributed by atoms with Crippen molar-refractivity contribution in [2.45, 2.75) is 82.2 Å². The molecule has 0 aliphatic carbocycles. The molecule has 133 heavy (non-hydrogen) atoms. The van der Waals surface area contributed by atoms with E-state index in [1.165, 1.54) is 42.5 Å². The molecule has 13 aromatic rings. The lowest BCUT2D eigenvalue weighted by Gasteiger charge is -2.26. The number of aromatic nitrogens is 10. The first kappa shape index (κ1) is 94.9. The number of unbranched alkanes of at least 4 members (excludes halogenated alkanes) is 3. The van der Waals surface area contributed by atoms with Gasteiger partial charge in [-0.2, -0.15) is 18.4 Å². The summed E-state index contributed by atoms with van der Waals surface area (Å²) in [6.45, 7) is 5.89. The number of carbonyl (C=O) groups excluding carboxylic acids is 8. The summed E-state index contributed by atoms with van der Waals surface area (Å²) in [5.74, 6) is -1.17. The van der Waals surface area contributed by atoms with Crippen LogP contribution in [-0.4, -0.2) is 236 Å². The summed E-state index contributed by atoms with van der Waals surface area (Å²) in [5, 5.41) is 57.1. The van der Waals surface area contributed by atoms with Crippen LogP contribution in [0.1, 0.15) is 97.5 Å². The van der Waals surface area contributed by atoms with Crippen LogP contribution in [0.5, 0.6) is 0 Å². The average molecular weight is 1840 g/mol. The van der Waals surface area contributed by atoms with E-state index in [0.29, 0.717) is 197 Å². The number of aliphatic hydroxyl groups is 4. The minimum absolute atomic E-state index is 0.00183. The van der Waals surface area contributed by atoms with Crippen molar-refractivity contribution in [3.05, 3.63) is 203 Å². The fourth-order valence-electron chi connectivity index (χ4n) is 15.4. The first-order valence-electron chi connectivity index (χ1n) is 42.8. The molecule has 0 atom stereocenters. The molecule has 8 N–H and O–H groups in total. The van der Waals surface area contributed by atoms with Crippen LogP contribution >= 0.6 is 0 Å². The Morgan fingerprint density at radius 3 is 1.10 bits per heavy atom. The Balaban J connectivity index is 0.000000142. The number of nitrogens with one attached hydrogen (secondary N) is 4. The molecule has 694 valence electrons. The van der Waals surface area contributed by atoms with Crippen molar-refractivity contribution in [2.75, 3.05) is 153 Å². The third-order valence-electron chi connectivity index (χ3n) is 22.1. The van der Waals surface area contributed by atoms with Crippen LogP contribution in [0.2, 0.25) is 0 Å². The van der Waals surface area contributed by atoms with Gasteiger partial charge in [-0.25, -0.2) is 33.3 Å². The van der Waals surface area contributed by atoms with Gasteiger partial charge in [-0.05, 0) is 191 Å². The molecule has 0 saturated carbocycles. The number of fused-ring (bicyclic) bond motifs is 5. The highest BCUT2D eigenvalue weighted by Gasteiger charge is 2.33. The van der Waals surface area contributed by atoms with E-state index >= 15 is 0 Å². The molecular formula is C92H96F3N19O18S. The van der Waals surface area contributed by atoms with E-state index in [1.54, 1.807) is 85.1 Å². The van der Waals surface area contributed by atoms with E-state index < -0.39 is 33.4 Å². The molecule has 8 amide bonds. The second kappa shape index (κ2) is 43.2. The summed E-state index contributed by atoms with van der Waals surface area (Å²) in [4.78, 5) is 130. The standard InChI is InChI=1S/C23H23F3N4O4.C23H24N6O4.C23H23N5O4.C23H26N4O6S/c24-23(25,26)16-5-3-4-15(12-16)21(33)28-22-27-18-13-17(29-9-11-34-14-20(29)32)6-7-19(18)30(22)8-1-2-10-31;1-27-14-24-17-5-3-15(11-20(17)27)22(32)26-23-25-18-12-16(28-8-10-33-13-21(28)31)4-6-19(18)29(23)7-2-9-30;24-14-16-4-3-5-17(12-16)22(31)26-23-25-19-13-18(27-9-11-32-15-21(27)30)6-7-20(19)28(23)8-1-2-10-29;1-34(31,32)18-6-4-5-16(13-18)22(30)25-23-24-19-14-17(26-10-12-33-15-21(26)29)7-8-20(19)27(23)9-2-3-11-28/h3-7,12-13,31H,1-2,8-11,14H2,(H,27,28,33);3-6,11-12,14,30H,2,7-10,13H2,1H3,(H,25,26,32);3-7,12-13,29H,1-2,8-11,15H2,(H,25,26,31);4-8,13-14,28H,2-3,9-12,15H2,1H3,(H,24,25,30). The topological polar surface area (TPSA) is 463 Å². The first-order chi connectivity index (χ1) is 64.2. The Hall–Kier alpha value is -14.2.